The van der Waals surface area contributed by atoms with Crippen molar-refractivity contribution in [2.24, 2.45) is 5.10 Å². The molecule has 4 aromatic rings. The number of nitrogens with zero attached hydrogens (tertiary/aromatic N) is 5. The maximum atomic E-state index is 13.7. The molecule has 8 nitrogen and oxygen atoms in total. The lowest BCUT2D eigenvalue weighted by atomic mass is 10.2. The Kier molecular flexibility index (Phi) is 4.58. The molecule has 0 aliphatic carbocycles. The first-order valence-electron chi connectivity index (χ1n) is 7.75. The summed E-state index contributed by atoms with van der Waals surface area (Å²) >= 11 is 6.01. The van der Waals surface area contributed by atoms with E-state index in [4.69, 9.17) is 11.6 Å². The zero-order chi connectivity index (χ0) is 18.6. The fourth-order valence-corrected chi connectivity index (χ4v) is 2.44. The molecule has 4 rings (SSSR count). The van der Waals surface area contributed by atoms with Crippen LogP contribution in [0.2, 0.25) is 5.02 Å². The van der Waals surface area contributed by atoms with Crippen LogP contribution in [0, 0.1) is 5.82 Å². The lowest BCUT2D eigenvalue weighted by Gasteiger charge is -2.09. The maximum absolute atomic E-state index is 13.7. The SMILES string of the molecule is Fc1ccccc1/C=N\Nc1nc2nonc2nc1Nc1cccc(Cl)c1. The highest BCUT2D eigenvalue weighted by Crippen LogP contribution is 2.25. The number of benzene rings is 2. The summed E-state index contributed by atoms with van der Waals surface area (Å²) < 4.78 is 18.3. The van der Waals surface area contributed by atoms with Crippen molar-refractivity contribution in [3.05, 3.63) is 64.9 Å². The first-order valence-corrected chi connectivity index (χ1v) is 8.13. The molecule has 10 heteroatoms. The van der Waals surface area contributed by atoms with Gasteiger partial charge in [0.1, 0.15) is 5.82 Å². The van der Waals surface area contributed by atoms with Gasteiger partial charge in [-0.1, -0.05) is 35.9 Å². The smallest absolute Gasteiger partial charge is 0.245 e. The fourth-order valence-electron chi connectivity index (χ4n) is 2.25. The Labute approximate surface area is 157 Å². The van der Waals surface area contributed by atoms with Crippen molar-refractivity contribution in [3.63, 3.8) is 0 Å². The predicted molar refractivity (Wildman–Crippen MR) is 99.7 cm³/mol. The molecule has 0 amide bonds. The molecule has 0 saturated heterocycles. The van der Waals surface area contributed by atoms with Gasteiger partial charge in [0.25, 0.3) is 0 Å². The van der Waals surface area contributed by atoms with Gasteiger partial charge in [-0.15, -0.1) is 0 Å². The van der Waals surface area contributed by atoms with E-state index in [2.05, 4.69) is 40.8 Å². The minimum atomic E-state index is -0.387. The molecule has 0 bridgehead atoms. The molecule has 0 radical (unpaired) electrons. The Morgan fingerprint density at radius 3 is 2.56 bits per heavy atom. The molecule has 0 unspecified atom stereocenters. The normalized spacial score (nSPS) is 11.2. The molecule has 0 saturated carbocycles. The van der Waals surface area contributed by atoms with Crippen LogP contribution >= 0.6 is 11.6 Å². The van der Waals surface area contributed by atoms with E-state index in [1.165, 1.54) is 12.3 Å². The highest BCUT2D eigenvalue weighted by molar-refractivity contribution is 6.30. The van der Waals surface area contributed by atoms with Gasteiger partial charge in [0.05, 0.1) is 6.21 Å². The number of nitrogens with one attached hydrogen (secondary N) is 2. The molecular weight excluding hydrogens is 373 g/mol. The number of fused-ring (bicyclic) bond motifs is 1. The van der Waals surface area contributed by atoms with Crippen LogP contribution in [0.25, 0.3) is 11.3 Å². The number of hydrogen-bond donors (Lipinski definition) is 2. The minimum absolute atomic E-state index is 0.204. The van der Waals surface area contributed by atoms with E-state index in [9.17, 15) is 4.39 Å². The van der Waals surface area contributed by atoms with Crippen molar-refractivity contribution in [1.29, 1.82) is 0 Å². The Bertz CT molecular complexity index is 1130. The van der Waals surface area contributed by atoms with Crippen molar-refractivity contribution in [2.45, 2.75) is 0 Å². The van der Waals surface area contributed by atoms with Crippen molar-refractivity contribution >= 4 is 46.4 Å². The van der Waals surface area contributed by atoms with Gasteiger partial charge >= 0.3 is 0 Å². The van der Waals surface area contributed by atoms with Gasteiger partial charge in [-0.3, -0.25) is 5.43 Å². The number of hydrazone groups is 1. The second-order valence-corrected chi connectivity index (χ2v) is 5.80. The molecule has 0 spiro atoms. The first kappa shape index (κ1) is 16.9. The van der Waals surface area contributed by atoms with Crippen LogP contribution in [0.3, 0.4) is 0 Å². The van der Waals surface area contributed by atoms with Crippen LogP contribution in [0.1, 0.15) is 5.56 Å². The van der Waals surface area contributed by atoms with E-state index in [1.54, 1.807) is 36.4 Å². The number of aromatic nitrogens is 4. The van der Waals surface area contributed by atoms with Gasteiger partial charge in [0.15, 0.2) is 11.6 Å². The Morgan fingerprint density at radius 1 is 1.00 bits per heavy atom. The summed E-state index contributed by atoms with van der Waals surface area (Å²) in [5.74, 6) is 0.194. The fraction of sp³-hybridized carbons (Fsp3) is 0. The average molecular weight is 384 g/mol. The van der Waals surface area contributed by atoms with E-state index in [0.717, 1.165) is 0 Å². The van der Waals surface area contributed by atoms with Crippen LogP contribution in [0.5, 0.6) is 0 Å². The van der Waals surface area contributed by atoms with E-state index in [1.807, 2.05) is 6.07 Å². The quantitative estimate of drug-likeness (QED) is 0.397. The second-order valence-electron chi connectivity index (χ2n) is 5.36. The molecule has 2 N–H and O–H groups in total. The van der Waals surface area contributed by atoms with Gasteiger partial charge in [0.2, 0.25) is 11.3 Å². The van der Waals surface area contributed by atoms with Crippen molar-refractivity contribution in [2.75, 3.05) is 10.7 Å². The van der Waals surface area contributed by atoms with Crippen LogP contribution in [0.4, 0.5) is 21.7 Å². The molecule has 0 fully saturated rings. The Morgan fingerprint density at radius 2 is 1.78 bits per heavy atom. The lowest BCUT2D eigenvalue weighted by Crippen LogP contribution is -2.03. The summed E-state index contributed by atoms with van der Waals surface area (Å²) in [7, 11) is 0. The van der Waals surface area contributed by atoms with Gasteiger partial charge < -0.3 is 5.32 Å². The summed E-state index contributed by atoms with van der Waals surface area (Å²) in [4.78, 5) is 8.57. The topological polar surface area (TPSA) is 101 Å². The van der Waals surface area contributed by atoms with Gasteiger partial charge in [-0.2, -0.15) is 10.1 Å². The van der Waals surface area contributed by atoms with Crippen molar-refractivity contribution in [3.8, 4) is 0 Å². The number of rotatable bonds is 5. The Hall–Kier alpha value is -3.59. The minimum Gasteiger partial charge on any atom is -0.337 e. The molecule has 0 aliphatic heterocycles. The summed E-state index contributed by atoms with van der Waals surface area (Å²) in [6.45, 7) is 0. The molecule has 134 valence electrons. The molecule has 0 atom stereocenters. The predicted octanol–water partition coefficient (Wildman–Crippen LogP) is 3.99. The van der Waals surface area contributed by atoms with E-state index >= 15 is 0 Å². The highest BCUT2D eigenvalue weighted by Gasteiger charge is 2.13. The van der Waals surface area contributed by atoms with Crippen molar-refractivity contribution < 1.29 is 9.02 Å². The van der Waals surface area contributed by atoms with E-state index < -0.39 is 0 Å². The summed E-state index contributed by atoms with van der Waals surface area (Å²) in [6, 6.07) is 13.3. The molecule has 2 heterocycles. The van der Waals surface area contributed by atoms with Gasteiger partial charge in [0, 0.05) is 16.3 Å². The number of anilines is 3. The molecular formula is C17H11ClFN7O. The summed E-state index contributed by atoms with van der Waals surface area (Å²) in [5, 5.41) is 15.0. The monoisotopic (exact) mass is 383 g/mol. The number of halogens is 2. The van der Waals surface area contributed by atoms with E-state index in [0.29, 0.717) is 22.1 Å². The van der Waals surface area contributed by atoms with Gasteiger partial charge in [-0.05, 0) is 34.6 Å². The molecule has 0 aliphatic rings. The maximum Gasteiger partial charge on any atom is 0.245 e. The third-order valence-electron chi connectivity index (χ3n) is 3.48. The average Bonchev–Trinajstić information content (AvgIpc) is 3.10. The number of hydrogen-bond acceptors (Lipinski definition) is 8. The van der Waals surface area contributed by atoms with Crippen LogP contribution in [-0.2, 0) is 0 Å². The van der Waals surface area contributed by atoms with Gasteiger partial charge in [-0.25, -0.2) is 14.0 Å². The third kappa shape index (κ3) is 3.82. The van der Waals surface area contributed by atoms with Crippen LogP contribution in [-0.4, -0.2) is 26.5 Å². The molecule has 2 aromatic carbocycles. The zero-order valence-electron chi connectivity index (χ0n) is 13.6. The lowest BCUT2D eigenvalue weighted by molar-refractivity contribution is 0.314. The third-order valence-corrected chi connectivity index (χ3v) is 3.72. The van der Waals surface area contributed by atoms with Crippen molar-refractivity contribution in [1.82, 2.24) is 20.3 Å². The first-order chi connectivity index (χ1) is 13.2. The highest BCUT2D eigenvalue weighted by atomic mass is 35.5. The van der Waals surface area contributed by atoms with Crippen LogP contribution in [0.15, 0.2) is 58.3 Å². The van der Waals surface area contributed by atoms with Crippen LogP contribution < -0.4 is 10.7 Å². The molecule has 27 heavy (non-hydrogen) atoms. The summed E-state index contributed by atoms with van der Waals surface area (Å²) in [6.07, 6.45) is 1.34. The molecule has 2 aromatic heterocycles. The van der Waals surface area contributed by atoms with E-state index in [-0.39, 0.29) is 22.9 Å². The second kappa shape index (κ2) is 7.34. The standard InChI is InChI=1S/C17H11ClFN7O/c18-11-5-3-6-12(8-11)21-14-15(23-17-16(22-14)25-27-26-17)24-20-9-10-4-1-2-7-13(10)19/h1-9H,(H,21,22,25)(H,23,24,26)/b20-9-. The largest absolute Gasteiger partial charge is 0.337 e. The summed E-state index contributed by atoms with van der Waals surface area (Å²) in [5.41, 5.74) is 4.17. The Balaban J connectivity index is 1.65. The zero-order valence-corrected chi connectivity index (χ0v) is 14.4.